The van der Waals surface area contributed by atoms with Gasteiger partial charge in [0.25, 0.3) is 0 Å². The van der Waals surface area contributed by atoms with E-state index in [1.54, 1.807) is 0 Å². The molecule has 0 saturated carbocycles. The topological polar surface area (TPSA) is 29.9 Å². The molecule has 0 saturated heterocycles. The van der Waals surface area contributed by atoms with Gasteiger partial charge in [-0.15, -0.1) is 0 Å². The van der Waals surface area contributed by atoms with Crippen LogP contribution in [0.4, 0.5) is 0 Å². The van der Waals surface area contributed by atoms with Crippen LogP contribution in [0.25, 0.3) is 0 Å². The Morgan fingerprint density at radius 2 is 2.64 bits per heavy atom. The maximum Gasteiger partial charge on any atom is 0.0667 e. The van der Waals surface area contributed by atoms with Gasteiger partial charge in [-0.05, 0) is 22.9 Å². The van der Waals surface area contributed by atoms with Gasteiger partial charge in [0.05, 0.1) is 22.4 Å². The molecule has 0 spiro atoms. The number of nitrogens with zero attached hydrogens (tertiary/aromatic N) is 2. The fourth-order valence-electron chi connectivity index (χ4n) is 1.40. The molecule has 2 rings (SSSR count). The summed E-state index contributed by atoms with van der Waals surface area (Å²) in [4.78, 5) is 0. The van der Waals surface area contributed by atoms with E-state index >= 15 is 0 Å². The van der Waals surface area contributed by atoms with Crippen LogP contribution in [0.2, 0.25) is 0 Å². The minimum atomic E-state index is 0.477. The third-order valence-electron chi connectivity index (χ3n) is 2.00. The fourth-order valence-corrected chi connectivity index (χ4v) is 1.81. The molecule has 1 aromatic rings. The van der Waals surface area contributed by atoms with Gasteiger partial charge < -0.3 is 5.32 Å². The van der Waals surface area contributed by atoms with E-state index in [0.717, 1.165) is 17.6 Å². The predicted molar refractivity (Wildman–Crippen MR) is 46.3 cm³/mol. The highest BCUT2D eigenvalue weighted by Crippen LogP contribution is 2.21. The zero-order valence-corrected chi connectivity index (χ0v) is 7.93. The van der Waals surface area contributed by atoms with E-state index in [0.29, 0.717) is 6.04 Å². The summed E-state index contributed by atoms with van der Waals surface area (Å²) in [5.41, 5.74) is 1.25. The summed E-state index contributed by atoms with van der Waals surface area (Å²) in [5.74, 6) is 0. The van der Waals surface area contributed by atoms with Gasteiger partial charge >= 0.3 is 0 Å². The number of hydrogen-bond donors (Lipinski definition) is 1. The van der Waals surface area contributed by atoms with Crippen molar-refractivity contribution in [3.63, 3.8) is 0 Å². The lowest BCUT2D eigenvalue weighted by molar-refractivity contribution is 0.391. The standard InChI is InChI=1S/C7H10BrN3/c1-5-2-9-4-7-6(8)3-10-11(5)7/h3,5,9H,2,4H2,1H3. The SMILES string of the molecule is CC1CNCc2c(Br)cnn21. The van der Waals surface area contributed by atoms with E-state index in [9.17, 15) is 0 Å². The number of hydrogen-bond acceptors (Lipinski definition) is 2. The monoisotopic (exact) mass is 215 g/mol. The smallest absolute Gasteiger partial charge is 0.0667 e. The minimum absolute atomic E-state index is 0.477. The van der Waals surface area contributed by atoms with Crippen LogP contribution < -0.4 is 5.32 Å². The van der Waals surface area contributed by atoms with E-state index in [4.69, 9.17) is 0 Å². The molecule has 0 radical (unpaired) electrons. The highest BCUT2D eigenvalue weighted by atomic mass is 79.9. The van der Waals surface area contributed by atoms with Crippen LogP contribution in [-0.4, -0.2) is 16.3 Å². The predicted octanol–water partition coefficient (Wildman–Crippen LogP) is 1.31. The van der Waals surface area contributed by atoms with Gasteiger partial charge in [-0.2, -0.15) is 5.10 Å². The Morgan fingerprint density at radius 1 is 1.82 bits per heavy atom. The summed E-state index contributed by atoms with van der Waals surface area (Å²) in [7, 11) is 0. The van der Waals surface area contributed by atoms with E-state index in [2.05, 4.69) is 38.0 Å². The summed E-state index contributed by atoms with van der Waals surface area (Å²) in [5, 5.41) is 7.59. The van der Waals surface area contributed by atoms with Crippen LogP contribution in [0.15, 0.2) is 10.7 Å². The highest BCUT2D eigenvalue weighted by Gasteiger charge is 2.17. The van der Waals surface area contributed by atoms with Crippen molar-refractivity contribution in [3.8, 4) is 0 Å². The molecule has 0 aliphatic carbocycles. The molecule has 2 heterocycles. The van der Waals surface area contributed by atoms with Crippen molar-refractivity contribution in [2.24, 2.45) is 0 Å². The van der Waals surface area contributed by atoms with Gasteiger partial charge in [-0.1, -0.05) is 0 Å². The Balaban J connectivity index is 2.46. The van der Waals surface area contributed by atoms with Crippen molar-refractivity contribution < 1.29 is 0 Å². The Labute approximate surface area is 73.9 Å². The summed E-state index contributed by atoms with van der Waals surface area (Å²) >= 11 is 3.46. The number of fused-ring (bicyclic) bond motifs is 1. The fraction of sp³-hybridized carbons (Fsp3) is 0.571. The Kier molecular flexibility index (Phi) is 1.73. The molecule has 1 N–H and O–H groups in total. The highest BCUT2D eigenvalue weighted by molar-refractivity contribution is 9.10. The van der Waals surface area contributed by atoms with Crippen molar-refractivity contribution in [2.45, 2.75) is 19.5 Å². The Bertz CT molecular complexity index is 269. The maximum atomic E-state index is 4.27. The third-order valence-corrected chi connectivity index (χ3v) is 2.66. The molecule has 0 bridgehead atoms. The molecule has 0 fully saturated rings. The number of halogens is 1. The number of nitrogens with one attached hydrogen (secondary N) is 1. The van der Waals surface area contributed by atoms with Gasteiger partial charge in [-0.25, -0.2) is 0 Å². The van der Waals surface area contributed by atoms with Crippen molar-refractivity contribution in [3.05, 3.63) is 16.4 Å². The second-order valence-corrected chi connectivity index (χ2v) is 3.72. The molecule has 1 aliphatic rings. The Hall–Kier alpha value is -0.350. The van der Waals surface area contributed by atoms with Crippen molar-refractivity contribution in [1.29, 1.82) is 0 Å². The molecule has 60 valence electrons. The first kappa shape index (κ1) is 7.31. The molecule has 0 aromatic carbocycles. The number of rotatable bonds is 0. The summed E-state index contributed by atoms with van der Waals surface area (Å²) in [6.45, 7) is 4.10. The lowest BCUT2D eigenvalue weighted by atomic mass is 10.2. The van der Waals surface area contributed by atoms with Crippen LogP contribution in [0, 0.1) is 0 Å². The Morgan fingerprint density at radius 3 is 3.36 bits per heavy atom. The van der Waals surface area contributed by atoms with Crippen LogP contribution in [-0.2, 0) is 6.54 Å². The molecule has 1 unspecified atom stereocenters. The molecular weight excluding hydrogens is 206 g/mol. The molecule has 0 amide bonds. The van der Waals surface area contributed by atoms with E-state index < -0.39 is 0 Å². The van der Waals surface area contributed by atoms with Crippen LogP contribution in [0.1, 0.15) is 18.7 Å². The average Bonchev–Trinajstić information content (AvgIpc) is 2.35. The van der Waals surface area contributed by atoms with Crippen LogP contribution >= 0.6 is 15.9 Å². The van der Waals surface area contributed by atoms with Gasteiger partial charge in [0.1, 0.15) is 0 Å². The summed E-state index contributed by atoms with van der Waals surface area (Å²) in [6, 6.07) is 0.477. The summed E-state index contributed by atoms with van der Waals surface area (Å²) in [6.07, 6.45) is 1.86. The molecular formula is C7H10BrN3. The minimum Gasteiger partial charge on any atom is -0.309 e. The zero-order chi connectivity index (χ0) is 7.84. The van der Waals surface area contributed by atoms with Gasteiger partial charge in [0.2, 0.25) is 0 Å². The molecule has 11 heavy (non-hydrogen) atoms. The third kappa shape index (κ3) is 1.10. The van der Waals surface area contributed by atoms with Crippen LogP contribution in [0.3, 0.4) is 0 Å². The second kappa shape index (κ2) is 2.60. The number of aromatic nitrogens is 2. The van der Waals surface area contributed by atoms with Crippen LogP contribution in [0.5, 0.6) is 0 Å². The summed E-state index contributed by atoms with van der Waals surface area (Å²) < 4.78 is 3.18. The van der Waals surface area contributed by atoms with Crippen molar-refractivity contribution in [2.75, 3.05) is 6.54 Å². The largest absolute Gasteiger partial charge is 0.309 e. The molecule has 1 aromatic heterocycles. The van der Waals surface area contributed by atoms with Crippen molar-refractivity contribution >= 4 is 15.9 Å². The molecule has 3 nitrogen and oxygen atoms in total. The van der Waals surface area contributed by atoms with E-state index in [-0.39, 0.29) is 0 Å². The normalized spacial score (nSPS) is 23.3. The van der Waals surface area contributed by atoms with Gasteiger partial charge in [0, 0.05) is 13.1 Å². The molecule has 1 atom stereocenters. The molecule has 4 heteroatoms. The van der Waals surface area contributed by atoms with E-state index in [1.807, 2.05) is 6.20 Å². The zero-order valence-electron chi connectivity index (χ0n) is 6.34. The quantitative estimate of drug-likeness (QED) is 0.708. The average molecular weight is 216 g/mol. The van der Waals surface area contributed by atoms with Gasteiger partial charge in [0.15, 0.2) is 0 Å². The maximum absolute atomic E-state index is 4.27. The first-order valence-electron chi connectivity index (χ1n) is 3.71. The lowest BCUT2D eigenvalue weighted by Gasteiger charge is -2.22. The first-order chi connectivity index (χ1) is 5.29. The first-order valence-corrected chi connectivity index (χ1v) is 4.51. The van der Waals surface area contributed by atoms with Crippen molar-refractivity contribution in [1.82, 2.24) is 15.1 Å². The van der Waals surface area contributed by atoms with E-state index in [1.165, 1.54) is 5.69 Å². The lowest BCUT2D eigenvalue weighted by Crippen LogP contribution is -2.31. The second-order valence-electron chi connectivity index (χ2n) is 2.86. The van der Waals surface area contributed by atoms with Gasteiger partial charge in [-0.3, -0.25) is 4.68 Å². The molecule has 1 aliphatic heterocycles.